The van der Waals surface area contributed by atoms with Crippen LogP contribution in [-0.4, -0.2) is 20.2 Å². The summed E-state index contributed by atoms with van der Waals surface area (Å²) in [5.74, 6) is 1.60. The Balaban J connectivity index is 2.33. The molecule has 3 heteroatoms. The van der Waals surface area contributed by atoms with Gasteiger partial charge in [-0.05, 0) is 36.7 Å². The van der Waals surface area contributed by atoms with Crippen molar-refractivity contribution in [2.75, 3.05) is 20.2 Å². The van der Waals surface area contributed by atoms with Crippen molar-refractivity contribution < 1.29 is 4.74 Å². The third-order valence-corrected chi connectivity index (χ3v) is 3.19. The van der Waals surface area contributed by atoms with E-state index in [4.69, 9.17) is 4.74 Å². The molecule has 1 aliphatic heterocycles. The van der Waals surface area contributed by atoms with Crippen molar-refractivity contribution in [2.45, 2.75) is 12.3 Å². The molecule has 14 heavy (non-hydrogen) atoms. The first-order chi connectivity index (χ1) is 6.81. The van der Waals surface area contributed by atoms with E-state index in [2.05, 4.69) is 27.3 Å². The lowest BCUT2D eigenvalue weighted by Crippen LogP contribution is -2.08. The number of nitrogens with one attached hydrogen (secondary N) is 1. The first-order valence-electron chi connectivity index (χ1n) is 4.85. The maximum atomic E-state index is 5.36. The minimum absolute atomic E-state index is 0.599. The van der Waals surface area contributed by atoms with Crippen LogP contribution in [0.15, 0.2) is 22.7 Å². The van der Waals surface area contributed by atoms with E-state index in [0.29, 0.717) is 5.92 Å². The van der Waals surface area contributed by atoms with Crippen LogP contribution in [0.5, 0.6) is 5.75 Å². The summed E-state index contributed by atoms with van der Waals surface area (Å²) in [5.41, 5.74) is 1.31. The molecule has 2 nitrogen and oxygen atoms in total. The average molecular weight is 256 g/mol. The Hall–Kier alpha value is -0.540. The molecule has 76 valence electrons. The van der Waals surface area contributed by atoms with Crippen LogP contribution in [-0.2, 0) is 0 Å². The number of rotatable bonds is 2. The van der Waals surface area contributed by atoms with Crippen LogP contribution in [0.1, 0.15) is 17.9 Å². The zero-order valence-corrected chi connectivity index (χ0v) is 9.80. The van der Waals surface area contributed by atoms with Crippen molar-refractivity contribution in [3.63, 3.8) is 0 Å². The number of hydrogen-bond acceptors (Lipinski definition) is 2. The Kier molecular flexibility index (Phi) is 3.08. The fourth-order valence-electron chi connectivity index (χ4n) is 1.94. The third-order valence-electron chi connectivity index (χ3n) is 2.69. The molecule has 0 amide bonds. The Morgan fingerprint density at radius 3 is 3.00 bits per heavy atom. The highest BCUT2D eigenvalue weighted by atomic mass is 79.9. The van der Waals surface area contributed by atoms with Gasteiger partial charge in [-0.3, -0.25) is 0 Å². The van der Waals surface area contributed by atoms with Crippen LogP contribution < -0.4 is 10.1 Å². The molecule has 1 unspecified atom stereocenters. The second-order valence-electron chi connectivity index (χ2n) is 3.58. The zero-order valence-electron chi connectivity index (χ0n) is 8.22. The average Bonchev–Trinajstić information content (AvgIpc) is 2.70. The van der Waals surface area contributed by atoms with Gasteiger partial charge in [0, 0.05) is 16.9 Å². The van der Waals surface area contributed by atoms with Crippen LogP contribution in [0.4, 0.5) is 0 Å². The summed E-state index contributed by atoms with van der Waals surface area (Å²) in [4.78, 5) is 0. The molecule has 0 aromatic heterocycles. The van der Waals surface area contributed by atoms with Gasteiger partial charge < -0.3 is 10.1 Å². The summed E-state index contributed by atoms with van der Waals surface area (Å²) >= 11 is 3.50. The summed E-state index contributed by atoms with van der Waals surface area (Å²) in [5, 5.41) is 3.37. The van der Waals surface area contributed by atoms with E-state index in [9.17, 15) is 0 Å². The Bertz CT molecular complexity index is 321. The highest BCUT2D eigenvalue weighted by Gasteiger charge is 2.20. The van der Waals surface area contributed by atoms with Gasteiger partial charge >= 0.3 is 0 Å². The van der Waals surface area contributed by atoms with E-state index in [1.54, 1.807) is 7.11 Å². The van der Waals surface area contributed by atoms with E-state index in [1.807, 2.05) is 12.1 Å². The molecule has 0 bridgehead atoms. The van der Waals surface area contributed by atoms with Gasteiger partial charge in [0.25, 0.3) is 0 Å². The van der Waals surface area contributed by atoms with Crippen molar-refractivity contribution in [1.82, 2.24) is 5.32 Å². The predicted molar refractivity (Wildman–Crippen MR) is 60.9 cm³/mol. The minimum Gasteiger partial charge on any atom is -0.496 e. The lowest BCUT2D eigenvalue weighted by atomic mass is 9.97. The largest absolute Gasteiger partial charge is 0.496 e. The van der Waals surface area contributed by atoms with Gasteiger partial charge in [0.2, 0.25) is 0 Å². The number of methoxy groups -OCH3 is 1. The van der Waals surface area contributed by atoms with Gasteiger partial charge in [0.15, 0.2) is 0 Å². The van der Waals surface area contributed by atoms with Gasteiger partial charge in [0.05, 0.1) is 7.11 Å². The van der Waals surface area contributed by atoms with E-state index in [0.717, 1.165) is 23.3 Å². The van der Waals surface area contributed by atoms with E-state index in [-0.39, 0.29) is 0 Å². The molecule has 1 heterocycles. The van der Waals surface area contributed by atoms with E-state index in [1.165, 1.54) is 12.0 Å². The van der Waals surface area contributed by atoms with Crippen LogP contribution >= 0.6 is 15.9 Å². The summed E-state index contributed by atoms with van der Waals surface area (Å²) in [7, 11) is 1.73. The Morgan fingerprint density at radius 1 is 1.50 bits per heavy atom. The Morgan fingerprint density at radius 2 is 2.36 bits per heavy atom. The maximum Gasteiger partial charge on any atom is 0.122 e. The quantitative estimate of drug-likeness (QED) is 0.877. The van der Waals surface area contributed by atoms with Gasteiger partial charge in [0.1, 0.15) is 5.75 Å². The first kappa shape index (κ1) is 9.99. The van der Waals surface area contributed by atoms with Gasteiger partial charge in [-0.1, -0.05) is 15.9 Å². The number of halogens is 1. The fourth-order valence-corrected chi connectivity index (χ4v) is 2.32. The van der Waals surface area contributed by atoms with Crippen LogP contribution in [0.25, 0.3) is 0 Å². The Labute approximate surface area is 92.8 Å². The SMILES string of the molecule is COc1ccc(Br)cc1C1CCNC1. The van der Waals surface area contributed by atoms with E-state index >= 15 is 0 Å². The second-order valence-corrected chi connectivity index (χ2v) is 4.49. The summed E-state index contributed by atoms with van der Waals surface area (Å²) in [6.07, 6.45) is 1.20. The molecule has 1 aliphatic rings. The lowest BCUT2D eigenvalue weighted by molar-refractivity contribution is 0.406. The molecule has 1 N–H and O–H groups in total. The molecule has 0 saturated carbocycles. The van der Waals surface area contributed by atoms with Crippen molar-refractivity contribution in [2.24, 2.45) is 0 Å². The lowest BCUT2D eigenvalue weighted by Gasteiger charge is -2.13. The molecule has 1 fully saturated rings. The van der Waals surface area contributed by atoms with Crippen molar-refractivity contribution in [3.05, 3.63) is 28.2 Å². The van der Waals surface area contributed by atoms with Crippen molar-refractivity contribution in [1.29, 1.82) is 0 Å². The van der Waals surface area contributed by atoms with Gasteiger partial charge in [-0.2, -0.15) is 0 Å². The van der Waals surface area contributed by atoms with Gasteiger partial charge in [-0.15, -0.1) is 0 Å². The predicted octanol–water partition coefficient (Wildman–Crippen LogP) is 2.53. The molecule has 1 atom stereocenters. The van der Waals surface area contributed by atoms with Crippen molar-refractivity contribution >= 4 is 15.9 Å². The topological polar surface area (TPSA) is 21.3 Å². The normalized spacial score (nSPS) is 21.1. The fraction of sp³-hybridized carbons (Fsp3) is 0.455. The molecule has 1 aromatic carbocycles. The third kappa shape index (κ3) is 1.93. The van der Waals surface area contributed by atoms with Crippen LogP contribution in [0, 0.1) is 0 Å². The highest BCUT2D eigenvalue weighted by Crippen LogP contribution is 2.32. The monoisotopic (exact) mass is 255 g/mol. The number of hydrogen-bond donors (Lipinski definition) is 1. The number of ether oxygens (including phenoxy) is 1. The van der Waals surface area contributed by atoms with E-state index < -0.39 is 0 Å². The zero-order chi connectivity index (χ0) is 9.97. The van der Waals surface area contributed by atoms with Crippen LogP contribution in [0.2, 0.25) is 0 Å². The minimum atomic E-state index is 0.599. The second kappa shape index (κ2) is 4.32. The van der Waals surface area contributed by atoms with Gasteiger partial charge in [-0.25, -0.2) is 0 Å². The molecule has 2 rings (SSSR count). The summed E-state index contributed by atoms with van der Waals surface area (Å²) in [6.45, 7) is 2.17. The molecule has 0 radical (unpaired) electrons. The molecular weight excluding hydrogens is 242 g/mol. The summed E-state index contributed by atoms with van der Waals surface area (Å²) in [6, 6.07) is 6.21. The standard InChI is InChI=1S/C11H14BrNO/c1-14-11-3-2-9(12)6-10(11)8-4-5-13-7-8/h2-3,6,8,13H,4-5,7H2,1H3. The molecule has 1 saturated heterocycles. The molecular formula is C11H14BrNO. The number of benzene rings is 1. The maximum absolute atomic E-state index is 5.36. The smallest absolute Gasteiger partial charge is 0.122 e. The van der Waals surface area contributed by atoms with Crippen molar-refractivity contribution in [3.8, 4) is 5.75 Å². The highest BCUT2D eigenvalue weighted by molar-refractivity contribution is 9.10. The molecule has 1 aromatic rings. The van der Waals surface area contributed by atoms with Crippen LogP contribution in [0.3, 0.4) is 0 Å². The molecule has 0 spiro atoms. The molecule has 0 aliphatic carbocycles. The summed E-state index contributed by atoms with van der Waals surface area (Å²) < 4.78 is 6.49. The first-order valence-corrected chi connectivity index (χ1v) is 5.64.